The van der Waals surface area contributed by atoms with Gasteiger partial charge in [0, 0.05) is 6.42 Å². The highest BCUT2D eigenvalue weighted by atomic mass is 16.1. The molecule has 1 unspecified atom stereocenters. The van der Waals surface area contributed by atoms with Crippen molar-refractivity contribution in [3.8, 4) is 0 Å². The third-order valence-electron chi connectivity index (χ3n) is 3.38. The maximum Gasteiger partial charge on any atom is 0.120 e. The summed E-state index contributed by atoms with van der Waals surface area (Å²) in [5.41, 5.74) is 4.35. The molecule has 0 aliphatic heterocycles. The Hall–Kier alpha value is -1.11. The van der Waals surface area contributed by atoms with Crippen molar-refractivity contribution in [1.82, 2.24) is 0 Å². The van der Waals surface area contributed by atoms with Gasteiger partial charge in [-0.3, -0.25) is 0 Å². The van der Waals surface area contributed by atoms with Gasteiger partial charge in [-0.15, -0.1) is 0 Å². The molecule has 0 saturated heterocycles. The largest absolute Gasteiger partial charge is 0.303 e. The molecular formula is C14H18O. The van der Waals surface area contributed by atoms with E-state index in [9.17, 15) is 4.79 Å². The Balaban J connectivity index is 2.23. The van der Waals surface area contributed by atoms with Crippen LogP contribution in [0.15, 0.2) is 18.2 Å². The van der Waals surface area contributed by atoms with Gasteiger partial charge in [0.1, 0.15) is 6.29 Å². The van der Waals surface area contributed by atoms with Crippen LogP contribution >= 0.6 is 0 Å². The Morgan fingerprint density at radius 1 is 1.47 bits per heavy atom. The molecule has 1 atom stereocenters. The molecule has 1 aliphatic rings. The first-order valence-electron chi connectivity index (χ1n) is 5.86. The summed E-state index contributed by atoms with van der Waals surface area (Å²) in [7, 11) is 0. The van der Waals surface area contributed by atoms with Crippen LogP contribution in [0.2, 0.25) is 0 Å². The van der Waals surface area contributed by atoms with Crippen LogP contribution in [0.5, 0.6) is 0 Å². The minimum atomic E-state index is 0.646. The second-order valence-corrected chi connectivity index (χ2v) is 4.53. The standard InChI is InChI=1S/C14H18O/c1-11-4-2-6-13-8-7-12(5-3-9-15)10-14(11)13/h7-11H,2-6H2,1H3. The summed E-state index contributed by atoms with van der Waals surface area (Å²) < 4.78 is 0. The molecule has 0 aromatic heterocycles. The van der Waals surface area contributed by atoms with E-state index in [-0.39, 0.29) is 0 Å². The summed E-state index contributed by atoms with van der Waals surface area (Å²) in [6, 6.07) is 6.74. The van der Waals surface area contributed by atoms with Gasteiger partial charge >= 0.3 is 0 Å². The third-order valence-corrected chi connectivity index (χ3v) is 3.38. The molecule has 1 aromatic carbocycles. The molecule has 1 nitrogen and oxygen atoms in total. The van der Waals surface area contributed by atoms with Gasteiger partial charge in [-0.05, 0) is 48.3 Å². The van der Waals surface area contributed by atoms with Gasteiger partial charge in [-0.2, -0.15) is 0 Å². The molecular weight excluding hydrogens is 184 g/mol. The summed E-state index contributed by atoms with van der Waals surface area (Å²) in [4.78, 5) is 10.3. The van der Waals surface area contributed by atoms with E-state index >= 15 is 0 Å². The normalized spacial score (nSPS) is 19.7. The smallest absolute Gasteiger partial charge is 0.120 e. The molecule has 1 heteroatoms. The van der Waals surface area contributed by atoms with Crippen molar-refractivity contribution in [1.29, 1.82) is 0 Å². The third kappa shape index (κ3) is 2.28. The second-order valence-electron chi connectivity index (χ2n) is 4.53. The van der Waals surface area contributed by atoms with Gasteiger partial charge in [0.25, 0.3) is 0 Å². The van der Waals surface area contributed by atoms with E-state index < -0.39 is 0 Å². The molecule has 0 saturated carbocycles. The van der Waals surface area contributed by atoms with Gasteiger partial charge in [0.2, 0.25) is 0 Å². The molecule has 0 spiro atoms. The first-order chi connectivity index (χ1) is 7.31. The monoisotopic (exact) mass is 202 g/mol. The summed E-state index contributed by atoms with van der Waals surface area (Å²) in [6.45, 7) is 2.31. The number of aryl methyl sites for hydroxylation is 2. The Kier molecular flexibility index (Phi) is 3.20. The highest BCUT2D eigenvalue weighted by molar-refractivity contribution is 5.50. The number of carbonyl (C=O) groups excluding carboxylic acids is 1. The van der Waals surface area contributed by atoms with E-state index in [1.807, 2.05) is 0 Å². The molecule has 80 valence electrons. The maximum atomic E-state index is 10.3. The number of carbonyl (C=O) groups is 1. The van der Waals surface area contributed by atoms with Crippen LogP contribution in [0.3, 0.4) is 0 Å². The fourth-order valence-electron chi connectivity index (χ4n) is 2.47. The maximum absolute atomic E-state index is 10.3. The predicted octanol–water partition coefficient (Wildman–Crippen LogP) is 3.26. The van der Waals surface area contributed by atoms with Gasteiger partial charge in [-0.1, -0.05) is 25.1 Å². The molecule has 2 rings (SSSR count). The highest BCUT2D eigenvalue weighted by Gasteiger charge is 2.16. The SMILES string of the molecule is CC1CCCc2ccc(CCC=O)cc21. The van der Waals surface area contributed by atoms with E-state index in [4.69, 9.17) is 0 Å². The molecule has 15 heavy (non-hydrogen) atoms. The first-order valence-corrected chi connectivity index (χ1v) is 5.86. The quantitative estimate of drug-likeness (QED) is 0.688. The summed E-state index contributed by atoms with van der Waals surface area (Å²) in [5.74, 6) is 0.699. The number of hydrogen-bond donors (Lipinski definition) is 0. The second kappa shape index (κ2) is 4.61. The van der Waals surface area contributed by atoms with Crippen LogP contribution in [-0.2, 0) is 17.6 Å². The Morgan fingerprint density at radius 3 is 3.13 bits per heavy atom. The van der Waals surface area contributed by atoms with E-state index in [0.717, 1.165) is 12.7 Å². The van der Waals surface area contributed by atoms with Crippen molar-refractivity contribution >= 4 is 6.29 Å². The molecule has 0 bridgehead atoms. The van der Waals surface area contributed by atoms with E-state index in [0.29, 0.717) is 12.3 Å². The van der Waals surface area contributed by atoms with Crippen LogP contribution in [0, 0.1) is 0 Å². The van der Waals surface area contributed by atoms with Gasteiger partial charge < -0.3 is 4.79 Å². The first kappa shape index (κ1) is 10.4. The average Bonchev–Trinajstić information content (AvgIpc) is 2.27. The Morgan fingerprint density at radius 2 is 2.33 bits per heavy atom. The number of hydrogen-bond acceptors (Lipinski definition) is 1. The van der Waals surface area contributed by atoms with Crippen molar-refractivity contribution in [3.63, 3.8) is 0 Å². The van der Waals surface area contributed by atoms with Gasteiger partial charge in [-0.25, -0.2) is 0 Å². The lowest BCUT2D eigenvalue weighted by molar-refractivity contribution is -0.107. The molecule has 0 fully saturated rings. The lowest BCUT2D eigenvalue weighted by Crippen LogP contribution is -2.07. The number of rotatable bonds is 3. The van der Waals surface area contributed by atoms with Crippen LogP contribution in [0.4, 0.5) is 0 Å². The highest BCUT2D eigenvalue weighted by Crippen LogP contribution is 2.31. The van der Waals surface area contributed by atoms with Crippen molar-refractivity contribution in [3.05, 3.63) is 34.9 Å². The van der Waals surface area contributed by atoms with Gasteiger partial charge in [0.15, 0.2) is 0 Å². The van der Waals surface area contributed by atoms with Crippen molar-refractivity contribution in [2.24, 2.45) is 0 Å². The van der Waals surface area contributed by atoms with E-state index in [1.165, 1.54) is 36.0 Å². The van der Waals surface area contributed by atoms with Crippen molar-refractivity contribution < 1.29 is 4.79 Å². The minimum Gasteiger partial charge on any atom is -0.303 e. The number of benzene rings is 1. The molecule has 0 heterocycles. The topological polar surface area (TPSA) is 17.1 Å². The number of fused-ring (bicyclic) bond motifs is 1. The van der Waals surface area contributed by atoms with E-state index in [2.05, 4.69) is 25.1 Å². The molecule has 0 radical (unpaired) electrons. The fraction of sp³-hybridized carbons (Fsp3) is 0.500. The van der Waals surface area contributed by atoms with Crippen molar-refractivity contribution in [2.45, 2.75) is 44.9 Å². The van der Waals surface area contributed by atoms with Crippen LogP contribution in [-0.4, -0.2) is 6.29 Å². The zero-order valence-corrected chi connectivity index (χ0v) is 9.33. The molecule has 0 N–H and O–H groups in total. The molecule has 1 aliphatic carbocycles. The van der Waals surface area contributed by atoms with Crippen LogP contribution in [0.25, 0.3) is 0 Å². The Labute approximate surface area is 91.5 Å². The average molecular weight is 202 g/mol. The zero-order chi connectivity index (χ0) is 10.7. The zero-order valence-electron chi connectivity index (χ0n) is 9.33. The van der Waals surface area contributed by atoms with Gasteiger partial charge in [0.05, 0.1) is 0 Å². The Bertz CT molecular complexity index is 354. The molecule has 0 amide bonds. The van der Waals surface area contributed by atoms with Crippen LogP contribution < -0.4 is 0 Å². The van der Waals surface area contributed by atoms with E-state index in [1.54, 1.807) is 0 Å². The summed E-state index contributed by atoms with van der Waals surface area (Å²) >= 11 is 0. The van der Waals surface area contributed by atoms with Crippen molar-refractivity contribution in [2.75, 3.05) is 0 Å². The summed E-state index contributed by atoms with van der Waals surface area (Å²) in [6.07, 6.45) is 6.40. The summed E-state index contributed by atoms with van der Waals surface area (Å²) in [5, 5.41) is 0. The fourth-order valence-corrected chi connectivity index (χ4v) is 2.47. The minimum absolute atomic E-state index is 0.646. The predicted molar refractivity (Wildman–Crippen MR) is 62.2 cm³/mol. The lowest BCUT2D eigenvalue weighted by atomic mass is 9.83. The molecule has 1 aromatic rings. The lowest BCUT2D eigenvalue weighted by Gasteiger charge is -2.22. The van der Waals surface area contributed by atoms with Crippen LogP contribution in [0.1, 0.15) is 48.8 Å². The number of aldehydes is 1.